The van der Waals surface area contributed by atoms with Crippen molar-refractivity contribution in [2.75, 3.05) is 11.5 Å². The number of ether oxygens (including phenoxy) is 1. The van der Waals surface area contributed by atoms with Gasteiger partial charge < -0.3 is 14.5 Å². The number of hydrogen-bond donors (Lipinski definition) is 0. The van der Waals surface area contributed by atoms with Crippen LogP contribution in [0.25, 0.3) is 0 Å². The zero-order valence-corrected chi connectivity index (χ0v) is 18.0. The van der Waals surface area contributed by atoms with Crippen LogP contribution in [0, 0.1) is 0 Å². The molecule has 2 amide bonds. The summed E-state index contributed by atoms with van der Waals surface area (Å²) in [4.78, 5) is 29.6. The molecule has 3 atom stereocenters. The van der Waals surface area contributed by atoms with Gasteiger partial charge in [0.2, 0.25) is 0 Å². The number of amides is 2. The Bertz CT molecular complexity index is 914. The van der Waals surface area contributed by atoms with Crippen molar-refractivity contribution >= 4 is 17.5 Å². The number of piperidine rings is 1. The maximum absolute atomic E-state index is 13.1. The Kier molecular flexibility index (Phi) is 5.80. The average molecular weight is 407 g/mol. The number of carbonyl (C=O) groups is 2. The van der Waals surface area contributed by atoms with E-state index in [4.69, 9.17) is 4.74 Å². The highest BCUT2D eigenvalue weighted by Crippen LogP contribution is 2.33. The fourth-order valence-electron chi connectivity index (χ4n) is 4.84. The van der Waals surface area contributed by atoms with Gasteiger partial charge in [-0.2, -0.15) is 0 Å². The molecule has 0 aromatic heterocycles. The van der Waals surface area contributed by atoms with Gasteiger partial charge in [0.05, 0.1) is 0 Å². The first-order valence-electron chi connectivity index (χ1n) is 10.9. The predicted octanol–water partition coefficient (Wildman–Crippen LogP) is 4.45. The minimum Gasteiger partial charge on any atom is -0.484 e. The van der Waals surface area contributed by atoms with Gasteiger partial charge in [-0.15, -0.1) is 0 Å². The topological polar surface area (TPSA) is 49.9 Å². The van der Waals surface area contributed by atoms with Crippen LogP contribution in [0.1, 0.15) is 56.0 Å². The first-order valence-corrected chi connectivity index (χ1v) is 10.9. The molecule has 0 spiro atoms. The van der Waals surface area contributed by atoms with Crippen LogP contribution in [0.15, 0.2) is 48.5 Å². The summed E-state index contributed by atoms with van der Waals surface area (Å²) in [5.74, 6) is 0.621. The lowest BCUT2D eigenvalue weighted by molar-refractivity contribution is -0.139. The Morgan fingerprint density at radius 1 is 0.933 bits per heavy atom. The summed E-state index contributed by atoms with van der Waals surface area (Å²) in [7, 11) is 0. The van der Waals surface area contributed by atoms with E-state index in [2.05, 4.69) is 26.8 Å². The monoisotopic (exact) mass is 406 g/mol. The van der Waals surface area contributed by atoms with Crippen LogP contribution in [0.3, 0.4) is 0 Å². The second kappa shape index (κ2) is 8.50. The number of benzene rings is 2. The summed E-state index contributed by atoms with van der Waals surface area (Å²) in [5, 5.41) is 0. The third-order valence-electron chi connectivity index (χ3n) is 6.37. The van der Waals surface area contributed by atoms with Crippen LogP contribution < -0.4 is 9.64 Å². The van der Waals surface area contributed by atoms with E-state index in [0.29, 0.717) is 11.3 Å². The summed E-state index contributed by atoms with van der Waals surface area (Å²) in [5.41, 5.74) is 2.82. The average Bonchev–Trinajstić information content (AvgIpc) is 3.07. The lowest BCUT2D eigenvalue weighted by Gasteiger charge is -2.38. The lowest BCUT2D eigenvalue weighted by atomic mass is 9.97. The molecule has 4 rings (SSSR count). The standard InChI is InChI=1S/C25H30N2O3/c1-17-7-6-8-18(2)26(17)24(28)16-30-22-13-11-20(12-14-22)25(29)27-19(3)15-21-9-4-5-10-23(21)27/h4-5,9-14,17-19H,6-8,15-16H2,1-3H3. The molecule has 1 fully saturated rings. The van der Waals surface area contributed by atoms with Crippen molar-refractivity contribution in [3.05, 3.63) is 59.7 Å². The number of anilines is 1. The first kappa shape index (κ1) is 20.5. The van der Waals surface area contributed by atoms with E-state index < -0.39 is 0 Å². The summed E-state index contributed by atoms with van der Waals surface area (Å²) >= 11 is 0. The van der Waals surface area contributed by atoms with Crippen LogP contribution in [0.2, 0.25) is 0 Å². The van der Waals surface area contributed by atoms with E-state index in [1.165, 1.54) is 12.0 Å². The van der Waals surface area contributed by atoms with Gasteiger partial charge in [0.25, 0.3) is 11.8 Å². The predicted molar refractivity (Wildman–Crippen MR) is 118 cm³/mol. The van der Waals surface area contributed by atoms with Gasteiger partial charge in [-0.1, -0.05) is 18.2 Å². The molecule has 0 bridgehead atoms. The number of likely N-dealkylation sites (tertiary alicyclic amines) is 1. The molecular formula is C25H30N2O3. The molecular weight excluding hydrogens is 376 g/mol. The Morgan fingerprint density at radius 2 is 1.60 bits per heavy atom. The Labute approximate surface area is 178 Å². The molecule has 2 aromatic carbocycles. The fraction of sp³-hybridized carbons (Fsp3) is 0.440. The zero-order valence-electron chi connectivity index (χ0n) is 18.0. The quantitative estimate of drug-likeness (QED) is 0.754. The van der Waals surface area contributed by atoms with Gasteiger partial charge in [0.15, 0.2) is 6.61 Å². The van der Waals surface area contributed by atoms with Gasteiger partial charge >= 0.3 is 0 Å². The Hall–Kier alpha value is -2.82. The summed E-state index contributed by atoms with van der Waals surface area (Å²) in [6.45, 7) is 6.30. The molecule has 2 aliphatic heterocycles. The molecule has 0 N–H and O–H groups in total. The van der Waals surface area contributed by atoms with Crippen molar-refractivity contribution in [3.8, 4) is 5.75 Å². The van der Waals surface area contributed by atoms with Crippen molar-refractivity contribution in [1.82, 2.24) is 4.90 Å². The molecule has 1 saturated heterocycles. The maximum atomic E-state index is 13.1. The molecule has 2 aromatic rings. The van der Waals surface area contributed by atoms with Gasteiger partial charge in [-0.05, 0) is 82.3 Å². The van der Waals surface area contributed by atoms with Crippen molar-refractivity contribution in [3.63, 3.8) is 0 Å². The van der Waals surface area contributed by atoms with Crippen molar-refractivity contribution < 1.29 is 14.3 Å². The molecule has 5 heteroatoms. The molecule has 0 radical (unpaired) electrons. The molecule has 2 heterocycles. The fourth-order valence-corrected chi connectivity index (χ4v) is 4.84. The van der Waals surface area contributed by atoms with E-state index in [1.807, 2.05) is 28.0 Å². The van der Waals surface area contributed by atoms with Crippen LogP contribution in [-0.4, -0.2) is 41.4 Å². The molecule has 3 unspecified atom stereocenters. The minimum absolute atomic E-state index is 0.00829. The largest absolute Gasteiger partial charge is 0.484 e. The summed E-state index contributed by atoms with van der Waals surface area (Å²) < 4.78 is 5.74. The lowest BCUT2D eigenvalue weighted by Crippen LogP contribution is -2.49. The second-order valence-electron chi connectivity index (χ2n) is 8.60. The van der Waals surface area contributed by atoms with E-state index in [0.717, 1.165) is 24.9 Å². The Morgan fingerprint density at radius 3 is 2.30 bits per heavy atom. The van der Waals surface area contributed by atoms with Crippen LogP contribution in [0.5, 0.6) is 5.75 Å². The van der Waals surface area contributed by atoms with Crippen molar-refractivity contribution in [1.29, 1.82) is 0 Å². The number of fused-ring (bicyclic) bond motifs is 1. The first-order chi connectivity index (χ1) is 14.5. The SMILES string of the molecule is CC1Cc2ccccc2N1C(=O)c1ccc(OCC(=O)N2C(C)CCCC2C)cc1. The van der Waals surface area contributed by atoms with E-state index in [9.17, 15) is 9.59 Å². The van der Waals surface area contributed by atoms with Gasteiger partial charge in [-0.3, -0.25) is 9.59 Å². The van der Waals surface area contributed by atoms with E-state index >= 15 is 0 Å². The van der Waals surface area contributed by atoms with Crippen LogP contribution in [-0.2, 0) is 11.2 Å². The molecule has 2 aliphatic rings. The van der Waals surface area contributed by atoms with Crippen LogP contribution in [0.4, 0.5) is 5.69 Å². The third kappa shape index (κ3) is 3.93. The smallest absolute Gasteiger partial charge is 0.260 e. The molecule has 5 nitrogen and oxygen atoms in total. The van der Waals surface area contributed by atoms with E-state index in [-0.39, 0.29) is 36.5 Å². The zero-order chi connectivity index (χ0) is 21.3. The van der Waals surface area contributed by atoms with Crippen LogP contribution >= 0.6 is 0 Å². The van der Waals surface area contributed by atoms with Gasteiger partial charge in [0, 0.05) is 29.4 Å². The molecule has 0 aliphatic carbocycles. The number of rotatable bonds is 4. The number of carbonyl (C=O) groups excluding carboxylic acids is 2. The number of hydrogen-bond acceptors (Lipinski definition) is 3. The van der Waals surface area contributed by atoms with Gasteiger partial charge in [-0.25, -0.2) is 0 Å². The second-order valence-corrected chi connectivity index (χ2v) is 8.60. The highest BCUT2D eigenvalue weighted by Gasteiger charge is 2.31. The number of nitrogens with zero attached hydrogens (tertiary/aromatic N) is 2. The molecule has 0 saturated carbocycles. The molecule has 158 valence electrons. The highest BCUT2D eigenvalue weighted by molar-refractivity contribution is 6.07. The van der Waals surface area contributed by atoms with Crippen molar-refractivity contribution in [2.45, 2.75) is 64.6 Å². The Balaban J connectivity index is 1.40. The van der Waals surface area contributed by atoms with Gasteiger partial charge in [0.1, 0.15) is 5.75 Å². The maximum Gasteiger partial charge on any atom is 0.260 e. The number of para-hydroxylation sites is 1. The minimum atomic E-state index is -0.00829. The highest BCUT2D eigenvalue weighted by atomic mass is 16.5. The van der Waals surface area contributed by atoms with Crippen molar-refractivity contribution in [2.24, 2.45) is 0 Å². The summed E-state index contributed by atoms with van der Waals surface area (Å²) in [6.07, 6.45) is 4.14. The van der Waals surface area contributed by atoms with E-state index in [1.54, 1.807) is 24.3 Å². The normalized spacial score (nSPS) is 23.2. The summed E-state index contributed by atoms with van der Waals surface area (Å²) in [6, 6.07) is 15.8. The third-order valence-corrected chi connectivity index (χ3v) is 6.37. The molecule has 30 heavy (non-hydrogen) atoms.